The van der Waals surface area contributed by atoms with E-state index in [1.165, 1.54) is 0 Å². The molecule has 24 heavy (non-hydrogen) atoms. The Morgan fingerprint density at radius 2 is 1.46 bits per heavy atom. The van der Waals surface area contributed by atoms with Gasteiger partial charge < -0.3 is 10.2 Å². The minimum absolute atomic E-state index is 0.0625. The largest absolute Gasteiger partial charge is 0.478 e. The zero-order chi connectivity index (χ0) is 16.8. The Bertz CT molecular complexity index is 1160. The lowest BCUT2D eigenvalue weighted by Gasteiger charge is -2.09. The van der Waals surface area contributed by atoms with Crippen molar-refractivity contribution in [1.82, 2.24) is 4.98 Å². The normalized spacial score (nSPS) is 11.2. The number of hydrogen-bond donors (Lipinski definition) is 2. The van der Waals surface area contributed by atoms with E-state index in [2.05, 4.69) is 4.98 Å². The topological polar surface area (TPSA) is 87.5 Å². The third kappa shape index (κ3) is 2.06. The van der Waals surface area contributed by atoms with Crippen LogP contribution in [0.5, 0.6) is 0 Å². The molecule has 0 saturated carbocycles. The fraction of sp³-hybridized carbons (Fsp3) is 0. The van der Waals surface area contributed by atoms with E-state index in [-0.39, 0.29) is 11.3 Å². The summed E-state index contributed by atoms with van der Waals surface area (Å²) in [6.07, 6.45) is 0. The lowest BCUT2D eigenvalue weighted by atomic mass is 9.98. The quantitative estimate of drug-likeness (QED) is 0.432. The fourth-order valence-corrected chi connectivity index (χ4v) is 2.99. The Morgan fingerprint density at radius 1 is 0.750 bits per heavy atom. The molecule has 4 aromatic rings. The van der Waals surface area contributed by atoms with Gasteiger partial charge in [-0.15, -0.1) is 0 Å². The van der Waals surface area contributed by atoms with Gasteiger partial charge in [-0.2, -0.15) is 0 Å². The Morgan fingerprint density at radius 3 is 2.12 bits per heavy atom. The van der Waals surface area contributed by atoms with Gasteiger partial charge in [-0.3, -0.25) is 0 Å². The van der Waals surface area contributed by atoms with Gasteiger partial charge in [0.1, 0.15) is 5.69 Å². The number of carbonyl (C=O) groups is 2. The molecule has 0 spiro atoms. The zero-order valence-electron chi connectivity index (χ0n) is 12.4. The van der Waals surface area contributed by atoms with Gasteiger partial charge in [-0.25, -0.2) is 14.6 Å². The van der Waals surface area contributed by atoms with Crippen molar-refractivity contribution in [3.8, 4) is 0 Å². The van der Waals surface area contributed by atoms with Gasteiger partial charge >= 0.3 is 11.9 Å². The summed E-state index contributed by atoms with van der Waals surface area (Å²) in [5, 5.41) is 22.7. The SMILES string of the molecule is O=C(O)c1cc(C(=O)O)c2ccc3cc4ccccc4cc3c2n1. The second kappa shape index (κ2) is 5.03. The molecule has 0 atom stereocenters. The van der Waals surface area contributed by atoms with Crippen LogP contribution in [0.3, 0.4) is 0 Å². The summed E-state index contributed by atoms with van der Waals surface area (Å²) in [6.45, 7) is 0. The Balaban J connectivity index is 2.21. The second-order valence-electron chi connectivity index (χ2n) is 5.55. The summed E-state index contributed by atoms with van der Waals surface area (Å²) in [5.41, 5.74) is 0.0450. The van der Waals surface area contributed by atoms with Gasteiger partial charge in [0, 0.05) is 10.8 Å². The summed E-state index contributed by atoms with van der Waals surface area (Å²) < 4.78 is 0. The Kier molecular flexibility index (Phi) is 2.96. The van der Waals surface area contributed by atoms with Crippen LogP contribution < -0.4 is 0 Å². The van der Waals surface area contributed by atoms with Crippen LogP contribution in [0.4, 0.5) is 0 Å². The molecule has 116 valence electrons. The van der Waals surface area contributed by atoms with Crippen LogP contribution >= 0.6 is 0 Å². The molecule has 0 aliphatic heterocycles. The zero-order valence-corrected chi connectivity index (χ0v) is 12.4. The van der Waals surface area contributed by atoms with Gasteiger partial charge in [0.2, 0.25) is 0 Å². The van der Waals surface area contributed by atoms with Crippen LogP contribution in [0.2, 0.25) is 0 Å². The van der Waals surface area contributed by atoms with Crippen LogP contribution in [0, 0.1) is 0 Å². The summed E-state index contributed by atoms with van der Waals surface area (Å²) >= 11 is 0. The number of nitrogens with zero attached hydrogens (tertiary/aromatic N) is 1. The number of rotatable bonds is 2. The Labute approximate surface area is 135 Å². The highest BCUT2D eigenvalue weighted by Gasteiger charge is 2.17. The molecule has 1 heterocycles. The fourth-order valence-electron chi connectivity index (χ4n) is 2.99. The molecule has 0 amide bonds. The van der Waals surface area contributed by atoms with Crippen LogP contribution in [-0.4, -0.2) is 27.1 Å². The van der Waals surface area contributed by atoms with E-state index in [4.69, 9.17) is 0 Å². The Hall–Kier alpha value is -3.47. The molecule has 1 aromatic heterocycles. The maximum atomic E-state index is 11.5. The molecule has 0 unspecified atom stereocenters. The van der Waals surface area contributed by atoms with Crippen LogP contribution in [0.15, 0.2) is 54.6 Å². The maximum Gasteiger partial charge on any atom is 0.354 e. The average Bonchev–Trinajstić information content (AvgIpc) is 2.58. The van der Waals surface area contributed by atoms with Gasteiger partial charge in [-0.1, -0.05) is 36.4 Å². The van der Waals surface area contributed by atoms with Crippen molar-refractivity contribution in [3.63, 3.8) is 0 Å². The van der Waals surface area contributed by atoms with Crippen molar-refractivity contribution < 1.29 is 19.8 Å². The van der Waals surface area contributed by atoms with Gasteiger partial charge in [0.05, 0.1) is 11.1 Å². The molecule has 4 rings (SSSR count). The molecule has 0 aliphatic carbocycles. The smallest absolute Gasteiger partial charge is 0.354 e. The lowest BCUT2D eigenvalue weighted by Crippen LogP contribution is -2.06. The number of pyridine rings is 1. The van der Waals surface area contributed by atoms with Crippen molar-refractivity contribution in [3.05, 3.63) is 65.9 Å². The lowest BCUT2D eigenvalue weighted by molar-refractivity contribution is 0.0691. The maximum absolute atomic E-state index is 11.5. The first kappa shape index (κ1) is 14.1. The summed E-state index contributed by atoms with van der Waals surface area (Å²) in [7, 11) is 0. The van der Waals surface area contributed by atoms with Crippen molar-refractivity contribution in [1.29, 1.82) is 0 Å². The average molecular weight is 317 g/mol. The molecular formula is C19H11NO4. The van der Waals surface area contributed by atoms with Crippen molar-refractivity contribution in [2.75, 3.05) is 0 Å². The van der Waals surface area contributed by atoms with E-state index in [9.17, 15) is 19.8 Å². The van der Waals surface area contributed by atoms with E-state index in [0.717, 1.165) is 27.6 Å². The van der Waals surface area contributed by atoms with Crippen LogP contribution in [0.1, 0.15) is 20.8 Å². The van der Waals surface area contributed by atoms with E-state index < -0.39 is 11.9 Å². The highest BCUT2D eigenvalue weighted by Crippen LogP contribution is 2.30. The summed E-state index contributed by atoms with van der Waals surface area (Å²) in [6, 6.07) is 16.3. The van der Waals surface area contributed by atoms with Gasteiger partial charge in [0.25, 0.3) is 0 Å². The standard InChI is InChI=1S/C19H11NO4/c21-18(22)15-9-16(19(23)24)20-17-13(15)6-5-12-7-10-3-1-2-4-11(10)8-14(12)17/h1-9H,(H,21,22)(H,23,24). The molecular weight excluding hydrogens is 306 g/mol. The van der Waals surface area contributed by atoms with E-state index in [1.54, 1.807) is 6.07 Å². The third-order valence-corrected chi connectivity index (χ3v) is 4.11. The number of fused-ring (bicyclic) bond motifs is 4. The predicted octanol–water partition coefficient (Wildman–Crippen LogP) is 3.94. The molecule has 0 fully saturated rings. The van der Waals surface area contributed by atoms with E-state index in [0.29, 0.717) is 10.9 Å². The van der Waals surface area contributed by atoms with Crippen LogP contribution in [-0.2, 0) is 0 Å². The first-order valence-corrected chi connectivity index (χ1v) is 7.27. The molecule has 5 nitrogen and oxygen atoms in total. The van der Waals surface area contributed by atoms with Crippen molar-refractivity contribution in [2.45, 2.75) is 0 Å². The number of aromatic carboxylic acids is 2. The predicted molar refractivity (Wildman–Crippen MR) is 90.7 cm³/mol. The number of benzene rings is 3. The van der Waals surface area contributed by atoms with E-state index in [1.807, 2.05) is 42.5 Å². The van der Waals surface area contributed by atoms with Crippen molar-refractivity contribution in [2.24, 2.45) is 0 Å². The molecule has 3 aromatic carbocycles. The van der Waals surface area contributed by atoms with Crippen molar-refractivity contribution >= 4 is 44.4 Å². The van der Waals surface area contributed by atoms with E-state index >= 15 is 0 Å². The molecule has 2 N–H and O–H groups in total. The number of aromatic nitrogens is 1. The first-order valence-electron chi connectivity index (χ1n) is 7.27. The summed E-state index contributed by atoms with van der Waals surface area (Å²) in [5.74, 6) is -2.43. The molecule has 0 bridgehead atoms. The molecule has 0 saturated heterocycles. The van der Waals surface area contributed by atoms with Gasteiger partial charge in [0.15, 0.2) is 0 Å². The first-order chi connectivity index (χ1) is 11.5. The van der Waals surface area contributed by atoms with Crippen LogP contribution in [0.25, 0.3) is 32.4 Å². The number of carboxylic acids is 2. The van der Waals surface area contributed by atoms with Gasteiger partial charge in [-0.05, 0) is 34.4 Å². The third-order valence-electron chi connectivity index (χ3n) is 4.11. The monoisotopic (exact) mass is 317 g/mol. The highest BCUT2D eigenvalue weighted by atomic mass is 16.4. The summed E-state index contributed by atoms with van der Waals surface area (Å²) in [4.78, 5) is 27.0. The molecule has 5 heteroatoms. The second-order valence-corrected chi connectivity index (χ2v) is 5.55. The molecule has 0 radical (unpaired) electrons. The minimum Gasteiger partial charge on any atom is -0.478 e. The minimum atomic E-state index is -1.25. The molecule has 0 aliphatic rings. The highest BCUT2D eigenvalue weighted by molar-refractivity contribution is 6.15. The number of carboxylic acid groups (broad SMARTS) is 2. The number of hydrogen-bond acceptors (Lipinski definition) is 3.